The first kappa shape index (κ1) is 13.6. The summed E-state index contributed by atoms with van der Waals surface area (Å²) < 4.78 is 5.23. The van der Waals surface area contributed by atoms with E-state index in [1.54, 1.807) is 7.11 Å². The van der Waals surface area contributed by atoms with Crippen molar-refractivity contribution in [3.05, 3.63) is 22.0 Å². The van der Waals surface area contributed by atoms with Gasteiger partial charge in [0.25, 0.3) is 0 Å². The Kier molecular flexibility index (Phi) is 3.65. The van der Waals surface area contributed by atoms with E-state index in [-0.39, 0.29) is 0 Å². The van der Waals surface area contributed by atoms with Gasteiger partial charge in [0.05, 0.1) is 5.69 Å². The molecule has 2 aliphatic carbocycles. The van der Waals surface area contributed by atoms with Crippen LogP contribution >= 0.6 is 11.3 Å². The van der Waals surface area contributed by atoms with Crippen molar-refractivity contribution in [2.75, 3.05) is 7.11 Å². The molecule has 0 bridgehead atoms. The maximum Gasteiger partial charge on any atom is 0.155 e. The Hall–Kier alpha value is -1.04. The molecule has 2 heterocycles. The molecule has 1 fully saturated rings. The lowest BCUT2D eigenvalue weighted by Gasteiger charge is -2.12. The highest BCUT2D eigenvalue weighted by atomic mass is 32.1. The molecule has 1 saturated carbocycles. The molecule has 1 N–H and O–H groups in total. The van der Waals surface area contributed by atoms with E-state index in [1.807, 2.05) is 11.3 Å². The highest BCUT2D eigenvalue weighted by Crippen LogP contribution is 2.37. The minimum absolute atomic E-state index is 0.495. The Balaban J connectivity index is 1.78. The number of nitrogens with one attached hydrogen (secondary N) is 1. The molecule has 0 unspecified atom stereocenters. The zero-order chi connectivity index (χ0) is 14.2. The normalized spacial score (nSPS) is 18.1. The molecule has 2 aromatic heterocycles. The summed E-state index contributed by atoms with van der Waals surface area (Å²) in [6.07, 6.45) is 7.63. The molecule has 21 heavy (non-hydrogen) atoms. The van der Waals surface area contributed by atoms with Crippen molar-refractivity contribution in [2.45, 2.75) is 57.7 Å². The van der Waals surface area contributed by atoms with Crippen LogP contribution in [-0.2, 0) is 30.7 Å². The Morgan fingerprint density at radius 1 is 1.24 bits per heavy atom. The predicted octanol–water partition coefficient (Wildman–Crippen LogP) is 2.97. The van der Waals surface area contributed by atoms with Gasteiger partial charge in [0.15, 0.2) is 5.82 Å². The van der Waals surface area contributed by atoms with Gasteiger partial charge >= 0.3 is 0 Å². The van der Waals surface area contributed by atoms with Crippen molar-refractivity contribution in [1.29, 1.82) is 0 Å². The average Bonchev–Trinajstić information content (AvgIpc) is 3.24. The van der Waals surface area contributed by atoms with Gasteiger partial charge in [-0.15, -0.1) is 11.3 Å². The minimum Gasteiger partial charge on any atom is -0.377 e. The number of fused-ring (bicyclic) bond motifs is 3. The molecule has 0 aromatic carbocycles. The summed E-state index contributed by atoms with van der Waals surface area (Å²) in [6.45, 7) is 1.36. The summed E-state index contributed by atoms with van der Waals surface area (Å²) in [7, 11) is 1.70. The Labute approximate surface area is 128 Å². The number of methoxy groups -OCH3 is 1. The Bertz CT molecular complexity index is 663. The van der Waals surface area contributed by atoms with Gasteiger partial charge in [0.2, 0.25) is 0 Å². The quantitative estimate of drug-likeness (QED) is 0.922. The Morgan fingerprint density at radius 3 is 2.90 bits per heavy atom. The fraction of sp³-hybridized carbons (Fsp3) is 0.625. The largest absolute Gasteiger partial charge is 0.377 e. The van der Waals surface area contributed by atoms with Crippen LogP contribution in [0.3, 0.4) is 0 Å². The first-order valence-electron chi connectivity index (χ1n) is 7.87. The summed E-state index contributed by atoms with van der Waals surface area (Å²) in [4.78, 5) is 12.2. The summed E-state index contributed by atoms with van der Waals surface area (Å²) >= 11 is 1.87. The molecule has 4 nitrogen and oxygen atoms in total. The monoisotopic (exact) mass is 303 g/mol. The second-order valence-electron chi connectivity index (χ2n) is 6.07. The van der Waals surface area contributed by atoms with Crippen LogP contribution in [0.5, 0.6) is 0 Å². The molecule has 0 atom stereocenters. The highest BCUT2D eigenvalue weighted by Gasteiger charge is 2.24. The van der Waals surface area contributed by atoms with Crippen molar-refractivity contribution < 1.29 is 4.74 Å². The molecule has 0 radical (unpaired) electrons. The van der Waals surface area contributed by atoms with Gasteiger partial charge in [-0.2, -0.15) is 0 Å². The molecular formula is C16H21N3OS. The highest BCUT2D eigenvalue weighted by molar-refractivity contribution is 7.18. The first-order chi connectivity index (χ1) is 10.3. The van der Waals surface area contributed by atoms with Crippen LogP contribution in [0, 0.1) is 0 Å². The fourth-order valence-electron chi connectivity index (χ4n) is 3.13. The number of rotatable bonds is 5. The van der Waals surface area contributed by atoms with Gasteiger partial charge < -0.3 is 10.1 Å². The van der Waals surface area contributed by atoms with E-state index in [0.717, 1.165) is 17.2 Å². The predicted molar refractivity (Wildman–Crippen MR) is 84.6 cm³/mol. The van der Waals surface area contributed by atoms with Crippen LogP contribution in [0.15, 0.2) is 0 Å². The standard InChI is InChI=1S/C16H21N3OS/c1-20-9-14-18-12(8-17-10-6-7-10)15-11-4-2-3-5-13(11)21-16(15)19-14/h10,17H,2-9H2,1H3. The van der Waals surface area contributed by atoms with Crippen LogP contribution in [0.2, 0.25) is 0 Å². The van der Waals surface area contributed by atoms with E-state index >= 15 is 0 Å². The molecule has 0 saturated heterocycles. The molecule has 2 aliphatic rings. The SMILES string of the molecule is COCc1nc(CNC2CC2)c2c3c(sc2n1)CCCC3. The van der Waals surface area contributed by atoms with Crippen LogP contribution in [0.1, 0.15) is 47.6 Å². The molecule has 4 rings (SSSR count). The zero-order valence-electron chi connectivity index (χ0n) is 12.4. The minimum atomic E-state index is 0.495. The van der Waals surface area contributed by atoms with Crippen LogP contribution in [-0.4, -0.2) is 23.1 Å². The molecular weight excluding hydrogens is 282 g/mol. The van der Waals surface area contributed by atoms with Gasteiger partial charge in [-0.1, -0.05) is 0 Å². The number of hydrogen-bond donors (Lipinski definition) is 1. The van der Waals surface area contributed by atoms with Crippen molar-refractivity contribution >= 4 is 21.6 Å². The summed E-state index contributed by atoms with van der Waals surface area (Å²) in [5.41, 5.74) is 2.70. The number of ether oxygens (including phenoxy) is 1. The van der Waals surface area contributed by atoms with E-state index in [4.69, 9.17) is 14.7 Å². The van der Waals surface area contributed by atoms with Crippen molar-refractivity contribution in [3.8, 4) is 0 Å². The number of aryl methyl sites for hydroxylation is 2. The summed E-state index contributed by atoms with van der Waals surface area (Å²) in [5.74, 6) is 0.816. The third-order valence-electron chi connectivity index (χ3n) is 4.34. The van der Waals surface area contributed by atoms with Gasteiger partial charge in [0.1, 0.15) is 11.4 Å². The third kappa shape index (κ3) is 2.70. The molecule has 112 valence electrons. The second kappa shape index (κ2) is 5.63. The molecule has 0 spiro atoms. The maximum absolute atomic E-state index is 5.23. The number of hydrogen-bond acceptors (Lipinski definition) is 5. The van der Waals surface area contributed by atoms with E-state index in [9.17, 15) is 0 Å². The number of thiophene rings is 1. The smallest absolute Gasteiger partial charge is 0.155 e. The topological polar surface area (TPSA) is 47.0 Å². The lowest BCUT2D eigenvalue weighted by Crippen LogP contribution is -2.17. The van der Waals surface area contributed by atoms with E-state index < -0.39 is 0 Å². The van der Waals surface area contributed by atoms with Crippen LogP contribution in [0.25, 0.3) is 10.2 Å². The fourth-order valence-corrected chi connectivity index (χ4v) is 4.43. The molecule has 5 heteroatoms. The van der Waals surface area contributed by atoms with Gasteiger partial charge in [-0.05, 0) is 44.1 Å². The van der Waals surface area contributed by atoms with Crippen molar-refractivity contribution in [1.82, 2.24) is 15.3 Å². The summed E-state index contributed by atoms with van der Waals surface area (Å²) in [6, 6.07) is 0.704. The maximum atomic E-state index is 5.23. The van der Waals surface area contributed by atoms with Gasteiger partial charge in [-0.3, -0.25) is 0 Å². The lowest BCUT2D eigenvalue weighted by molar-refractivity contribution is 0.178. The molecule has 2 aromatic rings. The van der Waals surface area contributed by atoms with Gasteiger partial charge in [-0.25, -0.2) is 9.97 Å². The van der Waals surface area contributed by atoms with Crippen LogP contribution < -0.4 is 5.32 Å². The molecule has 0 aliphatic heterocycles. The Morgan fingerprint density at radius 2 is 2.10 bits per heavy atom. The molecule has 0 amide bonds. The number of nitrogens with zero attached hydrogens (tertiary/aromatic N) is 2. The van der Waals surface area contributed by atoms with E-state index in [0.29, 0.717) is 12.6 Å². The summed E-state index contributed by atoms with van der Waals surface area (Å²) in [5, 5.41) is 4.94. The van der Waals surface area contributed by atoms with Crippen LogP contribution in [0.4, 0.5) is 0 Å². The first-order valence-corrected chi connectivity index (χ1v) is 8.69. The van der Waals surface area contributed by atoms with Crippen molar-refractivity contribution in [3.63, 3.8) is 0 Å². The van der Waals surface area contributed by atoms with Crippen molar-refractivity contribution in [2.24, 2.45) is 0 Å². The van der Waals surface area contributed by atoms with E-state index in [2.05, 4.69) is 5.32 Å². The second-order valence-corrected chi connectivity index (χ2v) is 7.15. The third-order valence-corrected chi connectivity index (χ3v) is 5.53. The zero-order valence-corrected chi connectivity index (χ0v) is 13.3. The number of aromatic nitrogens is 2. The average molecular weight is 303 g/mol. The van der Waals surface area contributed by atoms with Gasteiger partial charge in [0, 0.05) is 30.0 Å². The van der Waals surface area contributed by atoms with E-state index in [1.165, 1.54) is 60.0 Å². The lowest BCUT2D eigenvalue weighted by atomic mass is 9.96.